The predicted octanol–water partition coefficient (Wildman–Crippen LogP) is 0.880. The monoisotopic (exact) mass is 219 g/mol. The van der Waals surface area contributed by atoms with Crippen molar-refractivity contribution in [3.63, 3.8) is 0 Å². The second-order valence-corrected chi connectivity index (χ2v) is 4.37. The Kier molecular flexibility index (Phi) is 3.99. The van der Waals surface area contributed by atoms with Crippen molar-refractivity contribution in [3.8, 4) is 0 Å². The molecule has 0 spiro atoms. The Morgan fingerprint density at radius 3 is 3.00 bits per heavy atom. The summed E-state index contributed by atoms with van der Waals surface area (Å²) in [6, 6.07) is 8.25. The van der Waals surface area contributed by atoms with Crippen LogP contribution in [0.15, 0.2) is 24.3 Å². The summed E-state index contributed by atoms with van der Waals surface area (Å²) in [5.74, 6) is 0. The van der Waals surface area contributed by atoms with Gasteiger partial charge in [0.15, 0.2) is 0 Å². The van der Waals surface area contributed by atoms with Gasteiger partial charge in [-0.25, -0.2) is 0 Å². The molecule has 0 amide bonds. The molecule has 0 radical (unpaired) electrons. The molecule has 0 bridgehead atoms. The summed E-state index contributed by atoms with van der Waals surface area (Å²) in [5.41, 5.74) is 2.44. The molecule has 0 aliphatic carbocycles. The number of rotatable bonds is 5. The van der Waals surface area contributed by atoms with E-state index in [1.54, 1.807) is 0 Å². The Balaban J connectivity index is 1.80. The summed E-state index contributed by atoms with van der Waals surface area (Å²) < 4.78 is 11.3. The molecule has 1 aliphatic rings. The van der Waals surface area contributed by atoms with Crippen LogP contribution in [0.4, 0.5) is 0 Å². The Morgan fingerprint density at radius 1 is 1.38 bits per heavy atom. The van der Waals surface area contributed by atoms with E-state index in [0.29, 0.717) is 6.61 Å². The molecule has 4 heteroatoms. The molecule has 1 heterocycles. The van der Waals surface area contributed by atoms with Gasteiger partial charge in [-0.1, -0.05) is 24.3 Å². The van der Waals surface area contributed by atoms with Crippen LogP contribution in [0.2, 0.25) is 0 Å². The van der Waals surface area contributed by atoms with E-state index in [2.05, 4.69) is 31.1 Å². The fourth-order valence-electron chi connectivity index (χ4n) is 1.86. The van der Waals surface area contributed by atoms with Crippen molar-refractivity contribution in [1.29, 1.82) is 0 Å². The van der Waals surface area contributed by atoms with Crippen LogP contribution in [0.5, 0.6) is 0 Å². The van der Waals surface area contributed by atoms with Gasteiger partial charge in [0.05, 0.1) is 6.61 Å². The largest absolute Gasteiger partial charge is 0.494 e. The van der Waals surface area contributed by atoms with Crippen LogP contribution in [-0.4, -0.2) is 39.3 Å². The van der Waals surface area contributed by atoms with E-state index < -0.39 is 0 Å². The molecule has 1 aliphatic heterocycles. The van der Waals surface area contributed by atoms with E-state index in [4.69, 9.17) is 9.31 Å². The van der Waals surface area contributed by atoms with Crippen LogP contribution in [0.25, 0.3) is 0 Å². The SMILES string of the molecule is CN(C)CCCOB1OCc2ccccc21. The molecule has 3 nitrogen and oxygen atoms in total. The molecular weight excluding hydrogens is 201 g/mol. The third-order valence-electron chi connectivity index (χ3n) is 2.72. The Hall–Kier alpha value is -0.835. The van der Waals surface area contributed by atoms with E-state index in [1.807, 2.05) is 12.1 Å². The highest BCUT2D eigenvalue weighted by Crippen LogP contribution is 2.10. The molecule has 86 valence electrons. The van der Waals surface area contributed by atoms with Crippen molar-refractivity contribution in [1.82, 2.24) is 4.90 Å². The molecule has 0 atom stereocenters. The molecule has 16 heavy (non-hydrogen) atoms. The zero-order valence-electron chi connectivity index (χ0n) is 9.98. The van der Waals surface area contributed by atoms with Crippen molar-refractivity contribution in [2.75, 3.05) is 27.2 Å². The highest BCUT2D eigenvalue weighted by atomic mass is 16.6. The molecule has 0 fully saturated rings. The minimum absolute atomic E-state index is 0.154. The van der Waals surface area contributed by atoms with Gasteiger partial charge in [0, 0.05) is 6.61 Å². The van der Waals surface area contributed by atoms with Gasteiger partial charge in [-0.3, -0.25) is 0 Å². The Morgan fingerprint density at radius 2 is 2.19 bits per heavy atom. The molecule has 1 aromatic carbocycles. The normalized spacial score (nSPS) is 14.6. The van der Waals surface area contributed by atoms with E-state index in [9.17, 15) is 0 Å². The second-order valence-electron chi connectivity index (χ2n) is 4.37. The average molecular weight is 219 g/mol. The summed E-state index contributed by atoms with van der Waals surface area (Å²) in [7, 11) is 3.99. The molecule has 0 saturated carbocycles. The van der Waals surface area contributed by atoms with Crippen LogP contribution in [0, 0.1) is 0 Å². The van der Waals surface area contributed by atoms with Gasteiger partial charge in [0.2, 0.25) is 0 Å². The van der Waals surface area contributed by atoms with Crippen molar-refractivity contribution in [2.45, 2.75) is 13.0 Å². The average Bonchev–Trinajstić information content (AvgIpc) is 2.68. The van der Waals surface area contributed by atoms with Crippen LogP contribution < -0.4 is 5.46 Å². The lowest BCUT2D eigenvalue weighted by molar-refractivity contribution is 0.202. The number of hydrogen-bond acceptors (Lipinski definition) is 3. The highest BCUT2D eigenvalue weighted by molar-refractivity contribution is 6.62. The molecule has 0 saturated heterocycles. The predicted molar refractivity (Wildman–Crippen MR) is 65.7 cm³/mol. The van der Waals surface area contributed by atoms with Crippen molar-refractivity contribution >= 4 is 12.6 Å². The third-order valence-corrected chi connectivity index (χ3v) is 2.72. The summed E-state index contributed by atoms with van der Waals surface area (Å²) in [6.45, 7) is 2.47. The summed E-state index contributed by atoms with van der Waals surface area (Å²) in [6.07, 6.45) is 1.04. The van der Waals surface area contributed by atoms with Crippen LogP contribution in [-0.2, 0) is 15.9 Å². The summed E-state index contributed by atoms with van der Waals surface area (Å²) >= 11 is 0. The maximum Gasteiger partial charge on any atom is 0.494 e. The molecular formula is C12H18BNO2. The van der Waals surface area contributed by atoms with E-state index in [1.165, 1.54) is 11.0 Å². The number of benzene rings is 1. The van der Waals surface area contributed by atoms with E-state index in [0.717, 1.165) is 19.6 Å². The first kappa shape index (κ1) is 11.6. The van der Waals surface area contributed by atoms with Crippen LogP contribution in [0.1, 0.15) is 12.0 Å². The molecule has 1 aromatic rings. The summed E-state index contributed by atoms with van der Waals surface area (Å²) in [5, 5.41) is 0. The standard InChI is InChI=1S/C12H18BNO2/c1-14(2)8-5-9-15-13-12-7-4-3-6-11(12)10-16-13/h3-4,6-7H,5,8-10H2,1-2H3. The van der Waals surface area contributed by atoms with Gasteiger partial charge in [0.1, 0.15) is 0 Å². The smallest absolute Gasteiger partial charge is 0.407 e. The Labute approximate surface area is 97.5 Å². The third kappa shape index (κ3) is 2.85. The highest BCUT2D eigenvalue weighted by Gasteiger charge is 2.29. The zero-order chi connectivity index (χ0) is 11.4. The lowest BCUT2D eigenvalue weighted by Gasteiger charge is -2.11. The number of hydrogen-bond donors (Lipinski definition) is 0. The van der Waals surface area contributed by atoms with Crippen molar-refractivity contribution < 1.29 is 9.31 Å². The molecule has 0 N–H and O–H groups in total. The molecule has 0 unspecified atom stereocenters. The minimum Gasteiger partial charge on any atom is -0.407 e. The first-order valence-electron chi connectivity index (χ1n) is 5.73. The van der Waals surface area contributed by atoms with Crippen LogP contribution >= 0.6 is 0 Å². The van der Waals surface area contributed by atoms with Crippen LogP contribution in [0.3, 0.4) is 0 Å². The van der Waals surface area contributed by atoms with E-state index in [-0.39, 0.29) is 7.12 Å². The topological polar surface area (TPSA) is 21.7 Å². The first-order chi connectivity index (χ1) is 7.77. The van der Waals surface area contributed by atoms with Gasteiger partial charge in [-0.15, -0.1) is 0 Å². The van der Waals surface area contributed by atoms with E-state index >= 15 is 0 Å². The first-order valence-corrected chi connectivity index (χ1v) is 5.73. The summed E-state index contributed by atoms with van der Waals surface area (Å²) in [4.78, 5) is 2.16. The second kappa shape index (κ2) is 5.48. The fraction of sp³-hybridized carbons (Fsp3) is 0.500. The number of nitrogens with zero attached hydrogens (tertiary/aromatic N) is 1. The molecule has 0 aromatic heterocycles. The van der Waals surface area contributed by atoms with Gasteiger partial charge >= 0.3 is 7.12 Å². The quantitative estimate of drug-likeness (QED) is 0.542. The molecule has 2 rings (SSSR count). The van der Waals surface area contributed by atoms with Gasteiger partial charge < -0.3 is 14.2 Å². The van der Waals surface area contributed by atoms with Gasteiger partial charge in [-0.05, 0) is 38.1 Å². The lowest BCUT2D eigenvalue weighted by atomic mass is 9.79. The van der Waals surface area contributed by atoms with Gasteiger partial charge in [0.25, 0.3) is 0 Å². The maximum atomic E-state index is 5.73. The zero-order valence-corrected chi connectivity index (χ0v) is 9.98. The maximum absolute atomic E-state index is 5.73. The van der Waals surface area contributed by atoms with Gasteiger partial charge in [-0.2, -0.15) is 0 Å². The van der Waals surface area contributed by atoms with Crippen molar-refractivity contribution in [2.24, 2.45) is 0 Å². The fourth-order valence-corrected chi connectivity index (χ4v) is 1.86. The Bertz CT molecular complexity index is 344. The van der Waals surface area contributed by atoms with Crippen molar-refractivity contribution in [3.05, 3.63) is 29.8 Å². The number of fused-ring (bicyclic) bond motifs is 1. The minimum atomic E-state index is -0.154. The lowest BCUT2D eigenvalue weighted by Crippen LogP contribution is -2.32.